The Balaban J connectivity index is 3.07. The number of unbranched alkanes of at least 4 members (excludes halogenated alkanes) is 45. The molecule has 2 heteroatoms. The molecule has 0 unspecified atom stereocenters. The maximum absolute atomic E-state index is 11.3. The molecule has 0 spiro atoms. The monoisotopic (exact) mass is 759 g/mol. The van der Waals surface area contributed by atoms with Gasteiger partial charge < -0.3 is 4.74 Å². The summed E-state index contributed by atoms with van der Waals surface area (Å²) in [6.45, 7) is 8.18. The van der Waals surface area contributed by atoms with E-state index in [0.717, 1.165) is 6.42 Å². The Morgan fingerprint density at radius 2 is 0.444 bits per heavy atom. The van der Waals surface area contributed by atoms with Gasteiger partial charge in [-0.1, -0.05) is 302 Å². The van der Waals surface area contributed by atoms with Gasteiger partial charge >= 0.3 is 5.97 Å². The van der Waals surface area contributed by atoms with E-state index < -0.39 is 0 Å². The largest absolute Gasteiger partial charge is 0.462 e. The van der Waals surface area contributed by atoms with Crippen LogP contribution in [0.3, 0.4) is 0 Å². The van der Waals surface area contributed by atoms with E-state index in [9.17, 15) is 4.79 Å². The molecule has 0 saturated carbocycles. The van der Waals surface area contributed by atoms with Crippen molar-refractivity contribution in [2.75, 3.05) is 6.61 Å². The quantitative estimate of drug-likeness (QED) is 0.0351. The van der Waals surface area contributed by atoms with Crippen molar-refractivity contribution in [1.29, 1.82) is 0 Å². The van der Waals surface area contributed by atoms with E-state index in [1.54, 1.807) is 6.92 Å². The lowest BCUT2D eigenvalue weighted by molar-refractivity contribution is -0.139. The van der Waals surface area contributed by atoms with E-state index in [1.165, 1.54) is 289 Å². The van der Waals surface area contributed by atoms with Crippen molar-refractivity contribution in [2.24, 2.45) is 0 Å². The Morgan fingerprint density at radius 1 is 0.296 bits per heavy atom. The number of hydrogen-bond acceptors (Lipinski definition) is 2. The second-order valence-corrected chi connectivity index (χ2v) is 17.8. The summed E-state index contributed by atoms with van der Waals surface area (Å²) in [4.78, 5) is 11.3. The Hall–Kier alpha value is -0.790. The fourth-order valence-corrected chi connectivity index (χ4v) is 8.24. The zero-order valence-corrected chi connectivity index (χ0v) is 37.8. The minimum Gasteiger partial charge on any atom is -0.462 e. The minimum absolute atomic E-state index is 0.248. The van der Waals surface area contributed by atoms with Crippen molar-refractivity contribution in [3.63, 3.8) is 0 Å². The minimum atomic E-state index is -0.248. The summed E-state index contributed by atoms with van der Waals surface area (Å²) in [5, 5.41) is 0. The van der Waals surface area contributed by atoms with E-state index in [-0.39, 0.29) is 5.97 Å². The van der Waals surface area contributed by atoms with Gasteiger partial charge in [-0.2, -0.15) is 0 Å². The molecule has 54 heavy (non-hydrogen) atoms. The molecule has 0 N–H and O–H groups in total. The van der Waals surface area contributed by atoms with Crippen LogP contribution in [0.15, 0.2) is 12.2 Å². The SMILES string of the molecule is C=C(C)C(=O)OCCCCCCCCCCCCCCCCCCCCCCCCCCCCCCCCCCCCCCCCCCCCCCCC. The van der Waals surface area contributed by atoms with Gasteiger partial charge in [0.1, 0.15) is 0 Å². The van der Waals surface area contributed by atoms with Gasteiger partial charge in [-0.3, -0.25) is 0 Å². The summed E-state index contributed by atoms with van der Waals surface area (Å²) in [6, 6.07) is 0. The van der Waals surface area contributed by atoms with E-state index in [2.05, 4.69) is 13.5 Å². The third-order valence-electron chi connectivity index (χ3n) is 12.1. The van der Waals surface area contributed by atoms with Crippen LogP contribution in [0, 0.1) is 0 Å². The van der Waals surface area contributed by atoms with Gasteiger partial charge in [-0.05, 0) is 13.3 Å². The van der Waals surface area contributed by atoms with Crippen LogP contribution in [0.2, 0.25) is 0 Å². The molecule has 2 nitrogen and oxygen atoms in total. The normalized spacial score (nSPS) is 11.4. The fraction of sp³-hybridized carbons (Fsp3) is 0.942. The molecule has 0 bridgehead atoms. The van der Waals surface area contributed by atoms with Gasteiger partial charge in [-0.25, -0.2) is 4.79 Å². The van der Waals surface area contributed by atoms with Crippen LogP contribution in [-0.2, 0) is 9.53 Å². The molecular weight excluding hydrogens is 657 g/mol. The van der Waals surface area contributed by atoms with Crippen molar-refractivity contribution < 1.29 is 9.53 Å². The molecule has 0 aliphatic rings. The van der Waals surface area contributed by atoms with E-state index >= 15 is 0 Å². The van der Waals surface area contributed by atoms with Gasteiger partial charge in [0, 0.05) is 5.57 Å². The molecule has 0 fully saturated rings. The molecule has 0 heterocycles. The topological polar surface area (TPSA) is 26.3 Å². The van der Waals surface area contributed by atoms with Crippen LogP contribution in [0.25, 0.3) is 0 Å². The van der Waals surface area contributed by atoms with Gasteiger partial charge in [0.2, 0.25) is 0 Å². The molecule has 0 aromatic heterocycles. The molecule has 0 aromatic carbocycles. The number of carbonyl (C=O) groups is 1. The Bertz CT molecular complexity index is 713. The van der Waals surface area contributed by atoms with Gasteiger partial charge in [-0.15, -0.1) is 0 Å². The Labute approximate surface area is 342 Å². The Kier molecular flexibility index (Phi) is 47.7. The molecule has 0 amide bonds. The summed E-state index contributed by atoms with van der Waals surface area (Å²) in [5.41, 5.74) is 0.498. The van der Waals surface area contributed by atoms with Gasteiger partial charge in [0.15, 0.2) is 0 Å². The first kappa shape index (κ1) is 53.2. The van der Waals surface area contributed by atoms with Crippen molar-refractivity contribution >= 4 is 5.97 Å². The lowest BCUT2D eigenvalue weighted by atomic mass is 10.0. The third kappa shape index (κ3) is 47.4. The summed E-state index contributed by atoms with van der Waals surface area (Å²) < 4.78 is 5.15. The second kappa shape index (κ2) is 48.4. The summed E-state index contributed by atoms with van der Waals surface area (Å²) >= 11 is 0. The van der Waals surface area contributed by atoms with Crippen molar-refractivity contribution in [3.8, 4) is 0 Å². The standard InChI is InChI=1S/C52H102O2/c1-4-5-6-7-8-9-10-11-12-13-14-15-16-17-18-19-20-21-22-23-24-25-26-27-28-29-30-31-32-33-34-35-36-37-38-39-40-41-42-43-44-45-46-47-48-49-50-54-52(53)51(2)3/h2,4-50H2,1,3H3. The molecule has 0 aliphatic carbocycles. The summed E-state index contributed by atoms with van der Waals surface area (Å²) in [6.07, 6.45) is 66.4. The summed E-state index contributed by atoms with van der Waals surface area (Å²) in [5.74, 6) is -0.248. The average molecular weight is 759 g/mol. The number of carbonyl (C=O) groups excluding carboxylic acids is 1. The summed E-state index contributed by atoms with van der Waals surface area (Å²) in [7, 11) is 0. The maximum atomic E-state index is 11.3. The van der Waals surface area contributed by atoms with E-state index in [0.29, 0.717) is 12.2 Å². The predicted octanol–water partition coefficient (Wildman–Crippen LogP) is 19.1. The molecular formula is C52H102O2. The van der Waals surface area contributed by atoms with Crippen molar-refractivity contribution in [3.05, 3.63) is 12.2 Å². The first-order valence-electron chi connectivity index (χ1n) is 25.5. The molecule has 0 aromatic rings. The number of rotatable bonds is 48. The van der Waals surface area contributed by atoms with E-state index in [4.69, 9.17) is 4.74 Å². The fourth-order valence-electron chi connectivity index (χ4n) is 8.24. The highest BCUT2D eigenvalue weighted by atomic mass is 16.5. The molecule has 0 saturated heterocycles. The van der Waals surface area contributed by atoms with Crippen molar-refractivity contribution in [2.45, 2.75) is 309 Å². The van der Waals surface area contributed by atoms with Crippen LogP contribution >= 0.6 is 0 Å². The molecule has 322 valence electrons. The highest BCUT2D eigenvalue weighted by Crippen LogP contribution is 2.18. The van der Waals surface area contributed by atoms with Crippen LogP contribution in [0.5, 0.6) is 0 Å². The van der Waals surface area contributed by atoms with Crippen LogP contribution in [-0.4, -0.2) is 12.6 Å². The number of esters is 1. The van der Waals surface area contributed by atoms with E-state index in [1.807, 2.05) is 0 Å². The molecule has 0 radical (unpaired) electrons. The highest BCUT2D eigenvalue weighted by molar-refractivity contribution is 5.86. The van der Waals surface area contributed by atoms with Crippen LogP contribution in [0.4, 0.5) is 0 Å². The van der Waals surface area contributed by atoms with Crippen LogP contribution < -0.4 is 0 Å². The first-order valence-corrected chi connectivity index (χ1v) is 25.5. The number of hydrogen-bond donors (Lipinski definition) is 0. The lowest BCUT2D eigenvalue weighted by Gasteiger charge is -2.05. The van der Waals surface area contributed by atoms with Gasteiger partial charge in [0.25, 0.3) is 0 Å². The lowest BCUT2D eigenvalue weighted by Crippen LogP contribution is -2.05. The van der Waals surface area contributed by atoms with Crippen LogP contribution in [0.1, 0.15) is 309 Å². The Morgan fingerprint density at radius 3 is 0.593 bits per heavy atom. The maximum Gasteiger partial charge on any atom is 0.333 e. The third-order valence-corrected chi connectivity index (χ3v) is 12.1. The second-order valence-electron chi connectivity index (χ2n) is 17.8. The number of ether oxygens (including phenoxy) is 1. The first-order chi connectivity index (χ1) is 26.7. The smallest absolute Gasteiger partial charge is 0.333 e. The zero-order chi connectivity index (χ0) is 39.1. The average Bonchev–Trinajstić information content (AvgIpc) is 3.17. The zero-order valence-electron chi connectivity index (χ0n) is 37.8. The molecule has 0 atom stereocenters. The predicted molar refractivity (Wildman–Crippen MR) is 244 cm³/mol. The van der Waals surface area contributed by atoms with Crippen molar-refractivity contribution in [1.82, 2.24) is 0 Å². The molecule has 0 rings (SSSR count). The molecule has 0 aliphatic heterocycles. The van der Waals surface area contributed by atoms with Gasteiger partial charge in [0.05, 0.1) is 6.61 Å². The highest BCUT2D eigenvalue weighted by Gasteiger charge is 2.02.